The maximum atomic E-state index is 9.36. The Morgan fingerprint density at radius 3 is 2.91 bits per heavy atom. The van der Waals surface area contributed by atoms with Gasteiger partial charge in [-0.25, -0.2) is 4.98 Å². The zero-order valence-electron chi connectivity index (χ0n) is 19.7. The number of nitrogens with zero attached hydrogens (tertiary/aromatic N) is 4. The molecule has 2 heterocycles. The largest absolute Gasteiger partial charge is 0.355 e. The Morgan fingerprint density at radius 2 is 2.12 bits per heavy atom. The number of aryl methyl sites for hydroxylation is 2. The van der Waals surface area contributed by atoms with Crippen molar-refractivity contribution in [3.8, 4) is 6.07 Å². The van der Waals surface area contributed by atoms with Crippen molar-refractivity contribution in [2.45, 2.75) is 58.4 Å². The number of unbranched alkanes of at least 4 members (excludes halogenated alkanes) is 1. The van der Waals surface area contributed by atoms with Gasteiger partial charge in [-0.3, -0.25) is 0 Å². The fraction of sp³-hybridized carbons (Fsp3) is 0.560. The lowest BCUT2D eigenvalue weighted by atomic mass is 10.1. The Morgan fingerprint density at radius 1 is 1.25 bits per heavy atom. The molecule has 0 unspecified atom stereocenters. The zero-order valence-corrected chi connectivity index (χ0v) is 20.5. The molecule has 32 heavy (non-hydrogen) atoms. The number of rotatable bonds is 11. The smallest absolute Gasteiger partial charge is 0.229 e. The Bertz CT molecular complexity index is 910. The van der Waals surface area contributed by atoms with Crippen molar-refractivity contribution in [3.63, 3.8) is 0 Å². The number of nitriles is 1. The predicted octanol–water partition coefficient (Wildman–Crippen LogP) is 5.05. The van der Waals surface area contributed by atoms with Gasteiger partial charge in [0.2, 0.25) is 5.95 Å². The Hall–Kier alpha value is -2.30. The highest BCUT2D eigenvalue weighted by Gasteiger charge is 2.21. The van der Waals surface area contributed by atoms with Crippen molar-refractivity contribution in [1.82, 2.24) is 15.3 Å². The van der Waals surface area contributed by atoms with Gasteiger partial charge in [0, 0.05) is 36.6 Å². The third-order valence-corrected chi connectivity index (χ3v) is 6.57. The molecule has 1 saturated heterocycles. The number of benzene rings is 1. The number of nitrogens with one attached hydrogen (secondary N) is 2. The van der Waals surface area contributed by atoms with Crippen molar-refractivity contribution in [3.05, 3.63) is 41.1 Å². The van der Waals surface area contributed by atoms with E-state index in [1.165, 1.54) is 25.0 Å². The van der Waals surface area contributed by atoms with Crippen molar-refractivity contribution in [2.75, 3.05) is 41.9 Å². The van der Waals surface area contributed by atoms with E-state index in [9.17, 15) is 5.26 Å². The summed E-state index contributed by atoms with van der Waals surface area (Å²) < 4.78 is 0. The third kappa shape index (κ3) is 7.11. The van der Waals surface area contributed by atoms with E-state index >= 15 is 0 Å². The minimum Gasteiger partial charge on any atom is -0.355 e. The van der Waals surface area contributed by atoms with Gasteiger partial charge in [-0.15, -0.1) is 0 Å². The van der Waals surface area contributed by atoms with E-state index in [0.29, 0.717) is 17.6 Å². The molecule has 2 N–H and O–H groups in total. The number of thioether (sulfide) groups is 1. The van der Waals surface area contributed by atoms with Crippen LogP contribution in [0.4, 0.5) is 17.5 Å². The molecule has 0 saturated carbocycles. The highest BCUT2D eigenvalue weighted by Crippen LogP contribution is 2.24. The topological polar surface area (TPSA) is 76.9 Å². The second-order valence-electron chi connectivity index (χ2n) is 8.50. The Kier molecular flexibility index (Phi) is 9.63. The van der Waals surface area contributed by atoms with Crippen molar-refractivity contribution >= 4 is 29.2 Å². The van der Waals surface area contributed by atoms with Crippen molar-refractivity contribution < 1.29 is 0 Å². The first-order valence-corrected chi connectivity index (χ1v) is 13.1. The molecule has 0 amide bonds. The average molecular weight is 453 g/mol. The standard InChI is InChI=1S/C25H36N6S/c1-4-5-8-21-16-24(31-13-6-9-23(18-31)27-12-7-14-32-3)30-25(28-21)29-22-11-10-19(2)20(15-22)17-26/h10-11,15-16,23,27H,4-9,12-14,18H2,1-3H3,(H,28,29,30)/t23-/m1/s1. The van der Waals surface area contributed by atoms with Gasteiger partial charge in [0.1, 0.15) is 5.82 Å². The van der Waals surface area contributed by atoms with Crippen molar-refractivity contribution in [1.29, 1.82) is 5.26 Å². The summed E-state index contributed by atoms with van der Waals surface area (Å²) in [5.41, 5.74) is 3.56. The quantitative estimate of drug-likeness (QED) is 0.462. The van der Waals surface area contributed by atoms with Crippen LogP contribution >= 0.6 is 11.8 Å². The summed E-state index contributed by atoms with van der Waals surface area (Å²) in [6.45, 7) is 7.23. The molecule has 1 aromatic heterocycles. The third-order valence-electron chi connectivity index (χ3n) is 5.87. The van der Waals surface area contributed by atoms with Gasteiger partial charge in [-0.05, 0) is 75.3 Å². The molecular formula is C25H36N6S. The molecule has 1 fully saturated rings. The Balaban J connectivity index is 1.77. The summed E-state index contributed by atoms with van der Waals surface area (Å²) in [5.74, 6) is 2.81. The van der Waals surface area contributed by atoms with Crippen LogP contribution in [0.2, 0.25) is 0 Å². The van der Waals surface area contributed by atoms with Crippen LogP contribution in [0.25, 0.3) is 0 Å². The summed E-state index contributed by atoms with van der Waals surface area (Å²) in [5, 5.41) is 16.4. The van der Waals surface area contributed by atoms with E-state index < -0.39 is 0 Å². The molecular weight excluding hydrogens is 416 g/mol. The molecule has 0 bridgehead atoms. The van der Waals surface area contributed by atoms with Crippen LogP contribution in [-0.4, -0.2) is 47.7 Å². The van der Waals surface area contributed by atoms with Gasteiger partial charge >= 0.3 is 0 Å². The van der Waals surface area contributed by atoms with Gasteiger partial charge in [0.15, 0.2) is 0 Å². The van der Waals surface area contributed by atoms with E-state index in [-0.39, 0.29) is 0 Å². The lowest BCUT2D eigenvalue weighted by molar-refractivity contribution is 0.422. The van der Waals surface area contributed by atoms with E-state index in [1.807, 2.05) is 36.9 Å². The first-order valence-electron chi connectivity index (χ1n) is 11.8. The highest BCUT2D eigenvalue weighted by molar-refractivity contribution is 7.98. The summed E-state index contributed by atoms with van der Waals surface area (Å²) in [6, 6.07) is 10.7. The van der Waals surface area contributed by atoms with Gasteiger partial charge in [-0.2, -0.15) is 22.0 Å². The van der Waals surface area contributed by atoms with E-state index in [2.05, 4.69) is 40.8 Å². The monoisotopic (exact) mass is 452 g/mol. The van der Waals surface area contributed by atoms with E-state index in [0.717, 1.165) is 61.7 Å². The molecule has 7 heteroatoms. The van der Waals surface area contributed by atoms with Gasteiger partial charge in [-0.1, -0.05) is 19.4 Å². The van der Waals surface area contributed by atoms with Crippen LogP contribution in [0, 0.1) is 18.3 Å². The van der Waals surface area contributed by atoms with Gasteiger partial charge in [0.25, 0.3) is 0 Å². The number of anilines is 3. The maximum Gasteiger partial charge on any atom is 0.229 e. The summed E-state index contributed by atoms with van der Waals surface area (Å²) in [7, 11) is 0. The second-order valence-corrected chi connectivity index (χ2v) is 9.48. The van der Waals surface area contributed by atoms with Crippen LogP contribution in [0.1, 0.15) is 55.8 Å². The van der Waals surface area contributed by atoms with Gasteiger partial charge in [0.05, 0.1) is 11.6 Å². The minimum atomic E-state index is 0.506. The summed E-state index contributed by atoms with van der Waals surface area (Å²) in [4.78, 5) is 12.0. The van der Waals surface area contributed by atoms with Crippen LogP contribution < -0.4 is 15.5 Å². The number of piperidine rings is 1. The molecule has 6 nitrogen and oxygen atoms in total. The van der Waals surface area contributed by atoms with Crippen LogP contribution in [0.5, 0.6) is 0 Å². The molecule has 2 aromatic rings. The summed E-state index contributed by atoms with van der Waals surface area (Å²) >= 11 is 1.91. The number of hydrogen-bond acceptors (Lipinski definition) is 7. The van der Waals surface area contributed by atoms with Gasteiger partial charge < -0.3 is 15.5 Å². The molecule has 1 aromatic carbocycles. The molecule has 0 radical (unpaired) electrons. The Labute approximate surface area is 197 Å². The SMILES string of the molecule is CCCCc1cc(N2CCC[C@@H](NCCCSC)C2)nc(Nc2ccc(C)c(C#N)c2)n1. The van der Waals surface area contributed by atoms with E-state index in [1.54, 1.807) is 0 Å². The lowest BCUT2D eigenvalue weighted by Gasteiger charge is -2.34. The molecule has 0 spiro atoms. The fourth-order valence-corrected chi connectivity index (χ4v) is 4.44. The number of hydrogen-bond donors (Lipinski definition) is 2. The number of aromatic nitrogens is 2. The summed E-state index contributed by atoms with van der Waals surface area (Å²) in [6.07, 6.45) is 8.95. The maximum absolute atomic E-state index is 9.36. The lowest BCUT2D eigenvalue weighted by Crippen LogP contribution is -2.46. The van der Waals surface area contributed by atoms with Crippen LogP contribution in [0.15, 0.2) is 24.3 Å². The van der Waals surface area contributed by atoms with Crippen LogP contribution in [0.3, 0.4) is 0 Å². The van der Waals surface area contributed by atoms with E-state index in [4.69, 9.17) is 9.97 Å². The molecule has 0 aliphatic carbocycles. The molecule has 1 aliphatic rings. The average Bonchev–Trinajstić information content (AvgIpc) is 2.82. The molecule has 172 valence electrons. The first-order chi connectivity index (χ1) is 15.6. The molecule has 1 atom stereocenters. The first kappa shape index (κ1) is 24.3. The molecule has 1 aliphatic heterocycles. The zero-order chi connectivity index (χ0) is 22.8. The highest BCUT2D eigenvalue weighted by atomic mass is 32.2. The predicted molar refractivity (Wildman–Crippen MR) is 136 cm³/mol. The fourth-order valence-electron chi connectivity index (χ4n) is 4.01. The van der Waals surface area contributed by atoms with Crippen LogP contribution in [-0.2, 0) is 6.42 Å². The van der Waals surface area contributed by atoms with Crippen molar-refractivity contribution in [2.24, 2.45) is 0 Å². The normalized spacial score (nSPS) is 16.1. The minimum absolute atomic E-state index is 0.506. The molecule has 3 rings (SSSR count). The second kappa shape index (κ2) is 12.7.